The van der Waals surface area contributed by atoms with E-state index in [1.165, 1.54) is 4.68 Å². The monoisotopic (exact) mass is 230 g/mol. The van der Waals surface area contributed by atoms with Gasteiger partial charge in [-0.3, -0.25) is 4.79 Å². The topological polar surface area (TPSA) is 73.8 Å². The lowest BCUT2D eigenvalue weighted by Gasteiger charge is -2.05. The molecule has 1 heterocycles. The Labute approximate surface area is 90.6 Å². The number of hydrogen-bond acceptors (Lipinski definition) is 3. The van der Waals surface area contributed by atoms with Crippen molar-refractivity contribution in [3.63, 3.8) is 0 Å². The molecule has 1 amide bonds. The third-order valence-electron chi connectivity index (χ3n) is 2.46. The second-order valence-corrected chi connectivity index (χ2v) is 3.91. The number of nitrogens with zero attached hydrogens (tertiary/aromatic N) is 3. The van der Waals surface area contributed by atoms with Crippen LogP contribution in [0, 0.1) is 0 Å². The summed E-state index contributed by atoms with van der Waals surface area (Å²) in [6.45, 7) is -0.475. The van der Waals surface area contributed by atoms with E-state index in [-0.39, 0.29) is 12.3 Å². The Morgan fingerprint density at radius 2 is 2.25 bits per heavy atom. The van der Waals surface area contributed by atoms with Gasteiger partial charge >= 0.3 is 0 Å². The summed E-state index contributed by atoms with van der Waals surface area (Å²) >= 11 is 0. The zero-order valence-electron chi connectivity index (χ0n) is 8.57. The summed E-state index contributed by atoms with van der Waals surface area (Å²) in [5, 5.41) is 7.40. The Balaban J connectivity index is 2.24. The van der Waals surface area contributed by atoms with E-state index < -0.39 is 18.9 Å². The van der Waals surface area contributed by atoms with Gasteiger partial charge in [-0.1, -0.05) is 5.21 Å². The zero-order valence-corrected chi connectivity index (χ0v) is 8.57. The molecule has 2 rings (SSSR count). The summed E-state index contributed by atoms with van der Waals surface area (Å²) in [4.78, 5) is 10.8. The molecule has 5 nitrogen and oxygen atoms in total. The molecule has 0 aliphatic heterocycles. The van der Waals surface area contributed by atoms with Crippen LogP contribution in [0.3, 0.4) is 0 Å². The van der Waals surface area contributed by atoms with Crippen LogP contribution in [0.4, 0.5) is 8.78 Å². The van der Waals surface area contributed by atoms with Gasteiger partial charge in [0.15, 0.2) is 0 Å². The molecule has 88 valence electrons. The van der Waals surface area contributed by atoms with E-state index in [1.54, 1.807) is 0 Å². The second kappa shape index (κ2) is 4.15. The molecule has 1 aromatic heterocycles. The van der Waals surface area contributed by atoms with Crippen LogP contribution in [0.1, 0.15) is 30.1 Å². The average Bonchev–Trinajstić information content (AvgIpc) is 2.91. The predicted molar refractivity (Wildman–Crippen MR) is 50.9 cm³/mol. The second-order valence-electron chi connectivity index (χ2n) is 3.91. The van der Waals surface area contributed by atoms with E-state index in [2.05, 4.69) is 10.3 Å². The van der Waals surface area contributed by atoms with Crippen molar-refractivity contribution in [1.29, 1.82) is 0 Å². The maximum atomic E-state index is 12.3. The lowest BCUT2D eigenvalue weighted by Crippen LogP contribution is -2.16. The van der Waals surface area contributed by atoms with Crippen LogP contribution in [-0.2, 0) is 17.8 Å². The standard InChI is InChI=1S/C9H12F2N4O/c10-7(11)4-15-9(5-1-2-5)6(13-14-15)3-8(12)16/h5,7H,1-4H2,(H2,12,16). The fraction of sp³-hybridized carbons (Fsp3) is 0.667. The van der Waals surface area contributed by atoms with Crippen molar-refractivity contribution in [1.82, 2.24) is 15.0 Å². The van der Waals surface area contributed by atoms with E-state index in [4.69, 9.17) is 5.73 Å². The molecule has 0 atom stereocenters. The minimum atomic E-state index is -2.47. The van der Waals surface area contributed by atoms with Crippen molar-refractivity contribution < 1.29 is 13.6 Å². The highest BCUT2D eigenvalue weighted by Crippen LogP contribution is 2.41. The lowest BCUT2D eigenvalue weighted by molar-refractivity contribution is -0.117. The Morgan fingerprint density at radius 1 is 1.56 bits per heavy atom. The zero-order chi connectivity index (χ0) is 11.7. The number of aromatic nitrogens is 3. The van der Waals surface area contributed by atoms with E-state index in [1.807, 2.05) is 0 Å². The van der Waals surface area contributed by atoms with Crippen LogP contribution in [0.15, 0.2) is 0 Å². The Kier molecular flexibility index (Phi) is 2.84. The smallest absolute Gasteiger partial charge is 0.257 e. The van der Waals surface area contributed by atoms with Crippen molar-refractivity contribution in [3.05, 3.63) is 11.4 Å². The quantitative estimate of drug-likeness (QED) is 0.798. The normalized spacial score (nSPS) is 15.7. The summed E-state index contributed by atoms with van der Waals surface area (Å²) in [6.07, 6.45) is -0.638. The van der Waals surface area contributed by atoms with Crippen LogP contribution < -0.4 is 5.73 Å². The van der Waals surface area contributed by atoms with Gasteiger partial charge in [-0.15, -0.1) is 5.10 Å². The number of halogens is 2. The first kappa shape index (κ1) is 11.0. The predicted octanol–water partition coefficient (Wildman–Crippen LogP) is 0.448. The van der Waals surface area contributed by atoms with Crippen LogP contribution >= 0.6 is 0 Å². The van der Waals surface area contributed by atoms with Gasteiger partial charge in [0.05, 0.1) is 17.8 Å². The number of primary amides is 1. The van der Waals surface area contributed by atoms with Gasteiger partial charge in [-0.05, 0) is 12.8 Å². The fourth-order valence-electron chi connectivity index (χ4n) is 1.72. The summed E-state index contributed by atoms with van der Waals surface area (Å²) < 4.78 is 25.7. The average molecular weight is 230 g/mol. The molecule has 16 heavy (non-hydrogen) atoms. The summed E-state index contributed by atoms with van der Waals surface area (Å²) in [6, 6.07) is 0. The Hall–Kier alpha value is -1.53. The third kappa shape index (κ3) is 2.34. The van der Waals surface area contributed by atoms with Crippen LogP contribution in [0.25, 0.3) is 0 Å². The minimum Gasteiger partial charge on any atom is -0.369 e. The van der Waals surface area contributed by atoms with Crippen LogP contribution in [0.2, 0.25) is 0 Å². The van der Waals surface area contributed by atoms with Crippen molar-refractivity contribution in [2.45, 2.75) is 38.2 Å². The molecule has 0 unspecified atom stereocenters. The first-order chi connectivity index (χ1) is 7.58. The van der Waals surface area contributed by atoms with Crippen molar-refractivity contribution in [2.75, 3.05) is 0 Å². The van der Waals surface area contributed by atoms with Gasteiger partial charge in [0.1, 0.15) is 6.54 Å². The Bertz CT molecular complexity index is 400. The van der Waals surface area contributed by atoms with Gasteiger partial charge in [0, 0.05) is 5.92 Å². The number of alkyl halides is 2. The van der Waals surface area contributed by atoms with Gasteiger partial charge in [0.2, 0.25) is 5.91 Å². The molecule has 7 heteroatoms. The molecule has 1 aliphatic carbocycles. The molecule has 2 N–H and O–H groups in total. The van der Waals surface area contributed by atoms with Gasteiger partial charge < -0.3 is 5.73 Å². The third-order valence-corrected chi connectivity index (χ3v) is 2.46. The van der Waals surface area contributed by atoms with E-state index in [9.17, 15) is 13.6 Å². The lowest BCUT2D eigenvalue weighted by atomic mass is 10.2. The number of carbonyl (C=O) groups excluding carboxylic acids is 1. The van der Waals surface area contributed by atoms with Crippen molar-refractivity contribution in [3.8, 4) is 0 Å². The molecule has 0 radical (unpaired) electrons. The first-order valence-corrected chi connectivity index (χ1v) is 5.06. The maximum Gasteiger partial charge on any atom is 0.257 e. The first-order valence-electron chi connectivity index (χ1n) is 5.06. The number of hydrogen-bond donors (Lipinski definition) is 1. The van der Waals surface area contributed by atoms with Gasteiger partial charge in [-0.25, -0.2) is 13.5 Å². The highest BCUT2D eigenvalue weighted by Gasteiger charge is 2.32. The van der Waals surface area contributed by atoms with Crippen molar-refractivity contribution in [2.24, 2.45) is 5.73 Å². The molecule has 0 aromatic carbocycles. The van der Waals surface area contributed by atoms with E-state index >= 15 is 0 Å². The molecule has 1 saturated carbocycles. The highest BCUT2D eigenvalue weighted by atomic mass is 19.3. The molecule has 0 saturated heterocycles. The maximum absolute atomic E-state index is 12.3. The molecular formula is C9H12F2N4O. The SMILES string of the molecule is NC(=O)Cc1nnn(CC(F)F)c1C1CC1. The largest absolute Gasteiger partial charge is 0.369 e. The van der Waals surface area contributed by atoms with Crippen LogP contribution in [-0.4, -0.2) is 27.3 Å². The highest BCUT2D eigenvalue weighted by molar-refractivity contribution is 5.76. The number of nitrogens with two attached hydrogens (primary N) is 1. The molecular weight excluding hydrogens is 218 g/mol. The number of amides is 1. The molecule has 1 fully saturated rings. The van der Waals surface area contributed by atoms with E-state index in [0.717, 1.165) is 12.8 Å². The van der Waals surface area contributed by atoms with Crippen LogP contribution in [0.5, 0.6) is 0 Å². The molecule has 1 aliphatic rings. The molecule has 1 aromatic rings. The minimum absolute atomic E-state index is 0.0327. The summed E-state index contributed by atoms with van der Waals surface area (Å²) in [5.41, 5.74) is 6.15. The fourth-order valence-corrected chi connectivity index (χ4v) is 1.72. The molecule has 0 spiro atoms. The summed E-state index contributed by atoms with van der Waals surface area (Å²) in [7, 11) is 0. The van der Waals surface area contributed by atoms with Gasteiger partial charge in [-0.2, -0.15) is 0 Å². The molecule has 0 bridgehead atoms. The van der Waals surface area contributed by atoms with E-state index in [0.29, 0.717) is 11.4 Å². The number of carbonyl (C=O) groups is 1. The summed E-state index contributed by atoms with van der Waals surface area (Å²) in [5.74, 6) is -0.311. The van der Waals surface area contributed by atoms with Gasteiger partial charge in [0.25, 0.3) is 6.43 Å². The number of rotatable bonds is 5. The Morgan fingerprint density at radius 3 is 2.75 bits per heavy atom. The van der Waals surface area contributed by atoms with Crippen molar-refractivity contribution >= 4 is 5.91 Å².